The normalized spacial score (nSPS) is 14.1. The number of unbranched alkanes of at least 4 members (excludes halogenated alkanes) is 21. The Hall–Kier alpha value is -1.02. The van der Waals surface area contributed by atoms with Crippen LogP contribution in [0.15, 0.2) is 24.3 Å². The first kappa shape index (κ1) is 50.0. The van der Waals surface area contributed by atoms with E-state index in [1.54, 1.807) is 0 Å². The van der Waals surface area contributed by atoms with E-state index in [1.165, 1.54) is 122 Å². The molecule has 0 aliphatic heterocycles. The Balaban J connectivity index is 4.01. The summed E-state index contributed by atoms with van der Waals surface area (Å²) >= 11 is 0. The van der Waals surface area contributed by atoms with Crippen LogP contribution in [0.4, 0.5) is 0 Å². The van der Waals surface area contributed by atoms with Crippen molar-refractivity contribution in [3.8, 4) is 0 Å². The number of carbonyl (C=O) groups is 1. The molecule has 2 unspecified atom stereocenters. The minimum absolute atomic E-state index is 0.0270. The van der Waals surface area contributed by atoms with E-state index in [4.69, 9.17) is 18.5 Å². The number of allylic oxidation sites excluding steroid dienone is 4. The molecule has 0 aromatic heterocycles. The van der Waals surface area contributed by atoms with Crippen LogP contribution in [0.25, 0.3) is 0 Å². The maximum Gasteiger partial charge on any atom is 0.306 e. The fourth-order valence-electron chi connectivity index (χ4n) is 5.69. The number of likely N-dealkylation sites (N-methyl/N-ethyl adjacent to an activating group) is 1. The number of carbonyl (C=O) groups excluding carboxylic acids is 1. The molecule has 8 nitrogen and oxygen atoms in total. The number of ether oxygens (including phenoxy) is 2. The van der Waals surface area contributed by atoms with Gasteiger partial charge in [0.1, 0.15) is 19.3 Å². The number of phosphoric acid groups is 1. The predicted octanol–water partition coefficient (Wildman–Crippen LogP) is 11.4. The first-order valence-corrected chi connectivity index (χ1v) is 22.5. The average Bonchev–Trinajstić information content (AvgIpc) is 3.08. The number of hydrogen-bond donors (Lipinski definition) is 0. The number of rotatable bonds is 39. The molecule has 0 N–H and O–H groups in total. The molecule has 0 rings (SSSR count). The zero-order valence-corrected chi connectivity index (χ0v) is 35.0. The highest BCUT2D eigenvalue weighted by atomic mass is 31.2. The molecular formula is C42H82NO7P. The van der Waals surface area contributed by atoms with Crippen LogP contribution >= 0.6 is 7.82 Å². The first-order chi connectivity index (χ1) is 24.6. The summed E-state index contributed by atoms with van der Waals surface area (Å²) < 4.78 is 34.3. The Bertz CT molecular complexity index is 874. The van der Waals surface area contributed by atoms with Gasteiger partial charge in [-0.1, -0.05) is 154 Å². The molecule has 0 spiro atoms. The van der Waals surface area contributed by atoms with Crippen LogP contribution in [0.1, 0.15) is 181 Å². The van der Waals surface area contributed by atoms with Crippen LogP contribution in [0.2, 0.25) is 0 Å². The minimum Gasteiger partial charge on any atom is -0.756 e. The van der Waals surface area contributed by atoms with Crippen molar-refractivity contribution in [3.63, 3.8) is 0 Å². The van der Waals surface area contributed by atoms with Gasteiger partial charge in [0.15, 0.2) is 0 Å². The molecule has 0 aliphatic rings. The lowest BCUT2D eigenvalue weighted by molar-refractivity contribution is -0.870. The van der Waals surface area contributed by atoms with E-state index in [0.29, 0.717) is 24.1 Å². The average molecular weight is 744 g/mol. The topological polar surface area (TPSA) is 94.1 Å². The molecule has 0 saturated heterocycles. The van der Waals surface area contributed by atoms with Crippen LogP contribution in [0, 0.1) is 0 Å². The molecule has 51 heavy (non-hydrogen) atoms. The number of esters is 1. The van der Waals surface area contributed by atoms with Crippen LogP contribution in [-0.4, -0.2) is 70.7 Å². The van der Waals surface area contributed by atoms with Gasteiger partial charge in [-0.15, -0.1) is 0 Å². The fraction of sp³-hybridized carbons (Fsp3) is 0.881. The maximum absolute atomic E-state index is 12.6. The summed E-state index contributed by atoms with van der Waals surface area (Å²) in [6.07, 6.45) is 39.2. The minimum atomic E-state index is -4.51. The summed E-state index contributed by atoms with van der Waals surface area (Å²) in [5.41, 5.74) is 0. The van der Waals surface area contributed by atoms with Gasteiger partial charge in [0.05, 0.1) is 34.4 Å². The summed E-state index contributed by atoms with van der Waals surface area (Å²) in [4.78, 5) is 24.9. The van der Waals surface area contributed by atoms with Crippen molar-refractivity contribution in [1.29, 1.82) is 0 Å². The Labute approximate surface area is 315 Å². The third kappa shape index (κ3) is 40.0. The largest absolute Gasteiger partial charge is 0.756 e. The highest BCUT2D eigenvalue weighted by Crippen LogP contribution is 2.38. The Morgan fingerprint density at radius 3 is 1.59 bits per heavy atom. The molecule has 2 atom stereocenters. The SMILES string of the molecule is CCCCCCC/C=C\C/C=C\CCCCCCCCCCCCCC(=O)OC(COCCCCCCCC)COP(=O)([O-])OCC[N+](C)(C)C. The second-order valence-corrected chi connectivity index (χ2v) is 16.8. The zero-order chi connectivity index (χ0) is 37.7. The second-order valence-electron chi connectivity index (χ2n) is 15.4. The van der Waals surface area contributed by atoms with Gasteiger partial charge >= 0.3 is 5.97 Å². The highest BCUT2D eigenvalue weighted by molar-refractivity contribution is 7.45. The van der Waals surface area contributed by atoms with Crippen molar-refractivity contribution in [2.45, 2.75) is 187 Å². The monoisotopic (exact) mass is 744 g/mol. The summed E-state index contributed by atoms with van der Waals surface area (Å²) in [7, 11) is 1.36. The van der Waals surface area contributed by atoms with Gasteiger partial charge in [0.2, 0.25) is 0 Å². The standard InChI is InChI=1S/C42H82NO7P/c1-6-8-10-12-14-15-16-17-18-19-20-21-22-23-24-25-26-27-28-29-30-31-33-35-42(44)50-41(39-47-37-34-32-13-11-9-7-2)40-49-51(45,46)48-38-36-43(3,4)5/h16-17,19-20,41H,6-15,18,21-40H2,1-5H3/b17-16-,20-19-. The number of nitrogens with zero attached hydrogens (tertiary/aromatic N) is 1. The summed E-state index contributed by atoms with van der Waals surface area (Å²) in [6.45, 7) is 5.36. The lowest BCUT2D eigenvalue weighted by Crippen LogP contribution is -2.37. The van der Waals surface area contributed by atoms with Crippen molar-refractivity contribution in [2.75, 3.05) is 54.1 Å². The third-order valence-electron chi connectivity index (χ3n) is 9.01. The molecule has 0 aliphatic carbocycles. The van der Waals surface area contributed by atoms with Gasteiger partial charge in [-0.3, -0.25) is 9.36 Å². The second kappa shape index (κ2) is 36.0. The van der Waals surface area contributed by atoms with E-state index in [1.807, 2.05) is 21.1 Å². The van der Waals surface area contributed by atoms with E-state index < -0.39 is 13.9 Å². The summed E-state index contributed by atoms with van der Waals surface area (Å²) in [5.74, 6) is -0.339. The molecule has 0 saturated carbocycles. The first-order valence-electron chi connectivity index (χ1n) is 21.1. The van der Waals surface area contributed by atoms with Crippen LogP contribution in [0.3, 0.4) is 0 Å². The van der Waals surface area contributed by atoms with Crippen molar-refractivity contribution in [1.82, 2.24) is 0 Å². The molecule has 0 aromatic rings. The van der Waals surface area contributed by atoms with Crippen molar-refractivity contribution in [2.24, 2.45) is 0 Å². The van der Waals surface area contributed by atoms with Crippen LogP contribution in [-0.2, 0) is 27.9 Å². The van der Waals surface area contributed by atoms with Gasteiger partial charge in [-0.05, 0) is 44.9 Å². The number of phosphoric ester groups is 1. The maximum atomic E-state index is 12.6. The van der Waals surface area contributed by atoms with Gasteiger partial charge in [-0.2, -0.15) is 0 Å². The fourth-order valence-corrected chi connectivity index (χ4v) is 6.42. The van der Waals surface area contributed by atoms with E-state index in [9.17, 15) is 14.3 Å². The van der Waals surface area contributed by atoms with Gasteiger partial charge in [-0.25, -0.2) is 0 Å². The quantitative estimate of drug-likeness (QED) is 0.0203. The lowest BCUT2D eigenvalue weighted by atomic mass is 10.0. The van der Waals surface area contributed by atoms with E-state index in [2.05, 4.69) is 38.2 Å². The molecule has 0 radical (unpaired) electrons. The number of hydrogen-bond acceptors (Lipinski definition) is 7. The molecule has 302 valence electrons. The van der Waals surface area contributed by atoms with E-state index in [-0.39, 0.29) is 25.8 Å². The summed E-state index contributed by atoms with van der Waals surface area (Å²) in [6, 6.07) is 0. The van der Waals surface area contributed by atoms with Crippen molar-refractivity contribution >= 4 is 13.8 Å². The number of quaternary nitrogens is 1. The zero-order valence-electron chi connectivity index (χ0n) is 34.1. The van der Waals surface area contributed by atoms with Crippen molar-refractivity contribution in [3.05, 3.63) is 24.3 Å². The molecule has 0 amide bonds. The Morgan fingerprint density at radius 2 is 1.08 bits per heavy atom. The van der Waals surface area contributed by atoms with E-state index in [0.717, 1.165) is 38.5 Å². The smallest absolute Gasteiger partial charge is 0.306 e. The molecule has 0 heterocycles. The molecule has 0 bridgehead atoms. The molecular weight excluding hydrogens is 661 g/mol. The predicted molar refractivity (Wildman–Crippen MR) is 213 cm³/mol. The third-order valence-corrected chi connectivity index (χ3v) is 9.97. The molecule has 0 fully saturated rings. The lowest BCUT2D eigenvalue weighted by Gasteiger charge is -2.28. The molecule has 9 heteroatoms. The highest BCUT2D eigenvalue weighted by Gasteiger charge is 2.20. The van der Waals surface area contributed by atoms with Crippen molar-refractivity contribution < 1.29 is 37.3 Å². The van der Waals surface area contributed by atoms with E-state index >= 15 is 0 Å². The van der Waals surface area contributed by atoms with Gasteiger partial charge < -0.3 is 27.9 Å². The van der Waals surface area contributed by atoms with Gasteiger partial charge in [0.25, 0.3) is 7.82 Å². The Kier molecular flexibility index (Phi) is 35.3. The van der Waals surface area contributed by atoms with Crippen LogP contribution < -0.4 is 4.89 Å². The summed E-state index contributed by atoms with van der Waals surface area (Å²) in [5, 5.41) is 0. The Morgan fingerprint density at radius 1 is 0.608 bits per heavy atom. The van der Waals surface area contributed by atoms with Gasteiger partial charge in [0, 0.05) is 13.0 Å². The molecule has 0 aromatic carbocycles. The van der Waals surface area contributed by atoms with Crippen LogP contribution in [0.5, 0.6) is 0 Å².